The van der Waals surface area contributed by atoms with Crippen molar-refractivity contribution in [1.82, 2.24) is 10.6 Å². The molecule has 0 bridgehead atoms. The van der Waals surface area contributed by atoms with Crippen molar-refractivity contribution < 1.29 is 14.3 Å². The van der Waals surface area contributed by atoms with Crippen LogP contribution in [0.1, 0.15) is 16.7 Å². The van der Waals surface area contributed by atoms with Crippen LogP contribution in [0.5, 0.6) is 0 Å². The van der Waals surface area contributed by atoms with Gasteiger partial charge in [-0.25, -0.2) is 0 Å². The first-order chi connectivity index (χ1) is 12.3. The van der Waals surface area contributed by atoms with Crippen LogP contribution in [0, 0.1) is 0 Å². The fraction of sp³-hybridized carbons (Fsp3) is 0.350. The number of morpholine rings is 1. The largest absolute Gasteiger partial charge is 0.372 e. The Hall–Kier alpha value is -1.92. The Kier molecular flexibility index (Phi) is 8.58. The highest BCUT2D eigenvalue weighted by Gasteiger charge is 2.21. The zero-order valence-electron chi connectivity index (χ0n) is 14.6. The zero-order valence-corrected chi connectivity index (χ0v) is 15.5. The topological polar surface area (TPSA) is 59.6 Å². The molecule has 140 valence electrons. The fourth-order valence-corrected chi connectivity index (χ4v) is 2.75. The summed E-state index contributed by atoms with van der Waals surface area (Å²) in [6.07, 6.45) is -0.407. The van der Waals surface area contributed by atoms with Crippen LogP contribution in [0.15, 0.2) is 54.6 Å². The number of halogens is 1. The van der Waals surface area contributed by atoms with Crippen LogP contribution in [-0.4, -0.2) is 31.7 Å². The van der Waals surface area contributed by atoms with Gasteiger partial charge in [-0.3, -0.25) is 4.79 Å². The van der Waals surface area contributed by atoms with Crippen molar-refractivity contribution in [3.05, 3.63) is 71.3 Å². The normalized spacial score (nSPS) is 16.5. The van der Waals surface area contributed by atoms with Gasteiger partial charge in [0, 0.05) is 19.6 Å². The standard InChI is InChI=1S/C20H24N2O3.ClH/c23-20(19-13-21-10-11-25-19)22-12-17-8-4-5-9-18(17)15-24-14-16-6-2-1-3-7-16;/h1-9,19,21H,10-15H2,(H,22,23);1H. The van der Waals surface area contributed by atoms with Crippen LogP contribution in [0.4, 0.5) is 0 Å². The van der Waals surface area contributed by atoms with E-state index in [4.69, 9.17) is 9.47 Å². The molecule has 1 aliphatic rings. The Morgan fingerprint density at radius 1 is 1.08 bits per heavy atom. The molecule has 0 aromatic heterocycles. The van der Waals surface area contributed by atoms with E-state index in [0.29, 0.717) is 32.9 Å². The molecule has 2 aromatic carbocycles. The first-order valence-electron chi connectivity index (χ1n) is 8.61. The van der Waals surface area contributed by atoms with Gasteiger partial charge in [0.1, 0.15) is 6.10 Å². The van der Waals surface area contributed by atoms with Crippen molar-refractivity contribution in [2.45, 2.75) is 25.9 Å². The molecule has 0 aliphatic carbocycles. The van der Waals surface area contributed by atoms with Gasteiger partial charge >= 0.3 is 0 Å². The first kappa shape index (κ1) is 20.4. The molecule has 1 amide bonds. The van der Waals surface area contributed by atoms with Crippen molar-refractivity contribution in [2.75, 3.05) is 19.7 Å². The molecule has 1 unspecified atom stereocenters. The summed E-state index contributed by atoms with van der Waals surface area (Å²) in [5.74, 6) is -0.0767. The number of carbonyl (C=O) groups excluding carboxylic acids is 1. The van der Waals surface area contributed by atoms with E-state index in [1.165, 1.54) is 0 Å². The Balaban J connectivity index is 0.00000243. The van der Waals surface area contributed by atoms with E-state index in [1.807, 2.05) is 54.6 Å². The molecular formula is C20H25ClN2O3. The fourth-order valence-electron chi connectivity index (χ4n) is 2.75. The number of hydrogen-bond donors (Lipinski definition) is 2. The quantitative estimate of drug-likeness (QED) is 0.779. The summed E-state index contributed by atoms with van der Waals surface area (Å²) in [5.41, 5.74) is 3.30. The van der Waals surface area contributed by atoms with E-state index in [0.717, 1.165) is 23.2 Å². The zero-order chi connectivity index (χ0) is 17.3. The van der Waals surface area contributed by atoms with Gasteiger partial charge in [-0.15, -0.1) is 12.4 Å². The molecule has 2 N–H and O–H groups in total. The number of amides is 1. The number of rotatable bonds is 7. The first-order valence-corrected chi connectivity index (χ1v) is 8.61. The van der Waals surface area contributed by atoms with Crippen LogP contribution in [0.25, 0.3) is 0 Å². The molecule has 1 fully saturated rings. The number of hydrogen-bond acceptors (Lipinski definition) is 4. The number of nitrogens with one attached hydrogen (secondary N) is 2. The summed E-state index contributed by atoms with van der Waals surface area (Å²) in [6, 6.07) is 18.1. The van der Waals surface area contributed by atoms with Crippen molar-refractivity contribution >= 4 is 18.3 Å². The summed E-state index contributed by atoms with van der Waals surface area (Å²) < 4.78 is 11.3. The third-order valence-electron chi connectivity index (χ3n) is 4.16. The third-order valence-corrected chi connectivity index (χ3v) is 4.16. The van der Waals surface area contributed by atoms with Crippen molar-refractivity contribution in [3.63, 3.8) is 0 Å². The maximum absolute atomic E-state index is 12.2. The molecule has 2 aromatic rings. The second-order valence-corrected chi connectivity index (χ2v) is 6.03. The van der Waals surface area contributed by atoms with Crippen LogP contribution >= 0.6 is 12.4 Å². The average Bonchev–Trinajstić information content (AvgIpc) is 2.68. The summed E-state index contributed by atoms with van der Waals surface area (Å²) in [5, 5.41) is 6.12. The summed E-state index contributed by atoms with van der Waals surface area (Å²) in [6.45, 7) is 3.50. The lowest BCUT2D eigenvalue weighted by molar-refractivity contribution is -0.134. The molecule has 1 atom stereocenters. The van der Waals surface area contributed by atoms with Gasteiger partial charge in [0.2, 0.25) is 0 Å². The maximum atomic E-state index is 12.2. The lowest BCUT2D eigenvalue weighted by atomic mass is 10.1. The van der Waals surface area contributed by atoms with Gasteiger partial charge in [-0.05, 0) is 16.7 Å². The molecule has 1 saturated heterocycles. The molecule has 0 saturated carbocycles. The SMILES string of the molecule is Cl.O=C(NCc1ccccc1COCc1ccccc1)C1CNCCO1. The molecule has 6 heteroatoms. The minimum absolute atomic E-state index is 0. The Bertz CT molecular complexity index is 676. The van der Waals surface area contributed by atoms with Gasteiger partial charge < -0.3 is 20.1 Å². The monoisotopic (exact) mass is 376 g/mol. The molecule has 0 spiro atoms. The van der Waals surface area contributed by atoms with Crippen LogP contribution in [-0.2, 0) is 34.0 Å². The van der Waals surface area contributed by atoms with Crippen LogP contribution in [0.3, 0.4) is 0 Å². The second kappa shape index (κ2) is 10.9. The minimum atomic E-state index is -0.407. The predicted octanol–water partition coefficient (Wildman–Crippen LogP) is 2.43. The summed E-state index contributed by atoms with van der Waals surface area (Å²) in [4.78, 5) is 12.2. The highest BCUT2D eigenvalue weighted by Crippen LogP contribution is 2.12. The van der Waals surface area contributed by atoms with E-state index in [2.05, 4.69) is 10.6 Å². The molecule has 26 heavy (non-hydrogen) atoms. The van der Waals surface area contributed by atoms with Gasteiger partial charge in [0.25, 0.3) is 5.91 Å². The average molecular weight is 377 g/mol. The Labute approximate surface area is 160 Å². The minimum Gasteiger partial charge on any atom is -0.372 e. The van der Waals surface area contributed by atoms with Gasteiger partial charge in [-0.1, -0.05) is 54.6 Å². The van der Waals surface area contributed by atoms with Crippen LogP contribution < -0.4 is 10.6 Å². The molecule has 5 nitrogen and oxygen atoms in total. The van der Waals surface area contributed by atoms with Crippen molar-refractivity contribution in [1.29, 1.82) is 0 Å². The number of carbonyl (C=O) groups is 1. The molecule has 1 heterocycles. The van der Waals surface area contributed by atoms with E-state index in [1.54, 1.807) is 0 Å². The van der Waals surface area contributed by atoms with Crippen molar-refractivity contribution in [3.8, 4) is 0 Å². The summed E-state index contributed by atoms with van der Waals surface area (Å²) >= 11 is 0. The third kappa shape index (κ3) is 6.11. The summed E-state index contributed by atoms with van der Waals surface area (Å²) in [7, 11) is 0. The van der Waals surface area contributed by atoms with Crippen LogP contribution in [0.2, 0.25) is 0 Å². The van der Waals surface area contributed by atoms with E-state index in [9.17, 15) is 4.79 Å². The van der Waals surface area contributed by atoms with Gasteiger partial charge in [-0.2, -0.15) is 0 Å². The second-order valence-electron chi connectivity index (χ2n) is 6.03. The van der Waals surface area contributed by atoms with E-state index >= 15 is 0 Å². The highest BCUT2D eigenvalue weighted by atomic mass is 35.5. The predicted molar refractivity (Wildman–Crippen MR) is 103 cm³/mol. The maximum Gasteiger partial charge on any atom is 0.250 e. The van der Waals surface area contributed by atoms with E-state index in [-0.39, 0.29) is 18.3 Å². The van der Waals surface area contributed by atoms with Gasteiger partial charge in [0.15, 0.2) is 0 Å². The van der Waals surface area contributed by atoms with Crippen molar-refractivity contribution in [2.24, 2.45) is 0 Å². The lowest BCUT2D eigenvalue weighted by Gasteiger charge is -2.23. The number of ether oxygens (including phenoxy) is 2. The Morgan fingerprint density at radius 3 is 2.54 bits per heavy atom. The molecule has 1 aliphatic heterocycles. The number of benzene rings is 2. The highest BCUT2D eigenvalue weighted by molar-refractivity contribution is 5.85. The Morgan fingerprint density at radius 2 is 1.81 bits per heavy atom. The smallest absolute Gasteiger partial charge is 0.250 e. The van der Waals surface area contributed by atoms with E-state index < -0.39 is 6.10 Å². The lowest BCUT2D eigenvalue weighted by Crippen LogP contribution is -2.47. The molecule has 0 radical (unpaired) electrons. The molecular weight excluding hydrogens is 352 g/mol. The molecule has 3 rings (SSSR count). The van der Waals surface area contributed by atoms with Gasteiger partial charge in [0.05, 0.1) is 19.8 Å².